The van der Waals surface area contributed by atoms with Crippen LogP contribution in [-0.4, -0.2) is 29.5 Å². The van der Waals surface area contributed by atoms with Gasteiger partial charge in [-0.25, -0.2) is 0 Å². The number of anilines is 3. The zero-order chi connectivity index (χ0) is 19.7. The number of nitrogens with zero attached hydrogens (tertiary/aromatic N) is 6. The summed E-state index contributed by atoms with van der Waals surface area (Å²) in [6.45, 7) is 1.94. The fourth-order valence-electron chi connectivity index (χ4n) is 2.49. The van der Waals surface area contributed by atoms with Gasteiger partial charge in [-0.2, -0.15) is 15.0 Å². The Kier molecular flexibility index (Phi) is 5.21. The second-order valence-corrected chi connectivity index (χ2v) is 7.96. The first kappa shape index (κ1) is 18.7. The molecule has 1 atom stereocenters. The molecule has 0 saturated heterocycles. The van der Waals surface area contributed by atoms with Crippen LogP contribution in [0.4, 0.5) is 17.6 Å². The first-order chi connectivity index (χ1) is 13.5. The lowest BCUT2D eigenvalue weighted by Crippen LogP contribution is -2.08. The van der Waals surface area contributed by atoms with Gasteiger partial charge in [0.25, 0.3) is 0 Å². The van der Waals surface area contributed by atoms with E-state index in [4.69, 9.17) is 28.9 Å². The summed E-state index contributed by atoms with van der Waals surface area (Å²) in [6, 6.07) is 11.2. The number of fused-ring (bicyclic) bond motifs is 1. The van der Waals surface area contributed by atoms with Crippen molar-refractivity contribution in [1.82, 2.24) is 29.5 Å². The summed E-state index contributed by atoms with van der Waals surface area (Å²) in [5, 5.41) is 12.8. The van der Waals surface area contributed by atoms with E-state index in [1.807, 2.05) is 37.3 Å². The number of hydrogen-bond acceptors (Lipinski definition) is 8. The largest absolute Gasteiger partial charge is 0.368 e. The monoisotopic (exact) mass is 432 g/mol. The molecule has 0 spiro atoms. The van der Waals surface area contributed by atoms with E-state index in [0.717, 1.165) is 5.69 Å². The molecule has 0 fully saturated rings. The Morgan fingerprint density at radius 2 is 1.89 bits per heavy atom. The molecule has 3 N–H and O–H groups in total. The van der Waals surface area contributed by atoms with E-state index in [-0.39, 0.29) is 11.2 Å². The summed E-state index contributed by atoms with van der Waals surface area (Å²) < 4.78 is 1.74. The number of pyridine rings is 1. The summed E-state index contributed by atoms with van der Waals surface area (Å²) in [5.74, 6) is 1.02. The molecule has 142 valence electrons. The van der Waals surface area contributed by atoms with Crippen molar-refractivity contribution in [2.75, 3.05) is 11.1 Å². The van der Waals surface area contributed by atoms with Crippen LogP contribution >= 0.6 is 35.0 Å². The normalized spacial score (nSPS) is 12.2. The third-order valence-corrected chi connectivity index (χ3v) is 5.28. The maximum atomic E-state index is 6.17. The molecule has 1 unspecified atom stereocenters. The van der Waals surface area contributed by atoms with Gasteiger partial charge in [-0.05, 0) is 25.1 Å². The van der Waals surface area contributed by atoms with Crippen LogP contribution in [0.15, 0.2) is 47.8 Å². The Bertz CT molecular complexity index is 1130. The van der Waals surface area contributed by atoms with Crippen LogP contribution in [0.1, 0.15) is 18.0 Å². The van der Waals surface area contributed by atoms with Gasteiger partial charge >= 0.3 is 0 Å². The smallest absolute Gasteiger partial charge is 0.232 e. The van der Waals surface area contributed by atoms with E-state index < -0.39 is 0 Å². The van der Waals surface area contributed by atoms with Gasteiger partial charge in [0.1, 0.15) is 5.82 Å². The van der Waals surface area contributed by atoms with Crippen molar-refractivity contribution in [3.63, 3.8) is 0 Å². The number of hydrogen-bond donors (Lipinski definition) is 2. The predicted molar refractivity (Wildman–Crippen MR) is 111 cm³/mol. The molecule has 0 amide bonds. The first-order valence-electron chi connectivity index (χ1n) is 8.19. The topological polar surface area (TPSA) is 107 Å². The van der Waals surface area contributed by atoms with Crippen molar-refractivity contribution < 1.29 is 0 Å². The van der Waals surface area contributed by atoms with Crippen LogP contribution in [0.25, 0.3) is 5.65 Å². The zero-order valence-corrected chi connectivity index (χ0v) is 16.9. The standard InChI is InChI=1S/C17H14Cl2N8S/c1-9(28-17-26-25-14-12(19)7-10(18)8-27(14)17)13-22-15(20)24-16(23-13)21-11-5-3-2-4-6-11/h2-9H,1H3,(H3,20,21,22,23,24). The molecule has 0 aliphatic carbocycles. The van der Waals surface area contributed by atoms with Gasteiger partial charge in [-0.15, -0.1) is 10.2 Å². The third-order valence-electron chi connectivity index (χ3n) is 3.74. The second kappa shape index (κ2) is 7.78. The van der Waals surface area contributed by atoms with E-state index in [1.54, 1.807) is 16.7 Å². The fraction of sp³-hybridized carbons (Fsp3) is 0.118. The second-order valence-electron chi connectivity index (χ2n) is 5.81. The van der Waals surface area contributed by atoms with Crippen molar-refractivity contribution in [2.24, 2.45) is 0 Å². The lowest BCUT2D eigenvalue weighted by atomic mass is 10.3. The lowest BCUT2D eigenvalue weighted by molar-refractivity contribution is 0.871. The molecule has 28 heavy (non-hydrogen) atoms. The first-order valence-corrected chi connectivity index (χ1v) is 9.83. The van der Waals surface area contributed by atoms with Gasteiger partial charge in [0.2, 0.25) is 11.9 Å². The highest BCUT2D eigenvalue weighted by Crippen LogP contribution is 2.34. The molecule has 0 aliphatic heterocycles. The van der Waals surface area contributed by atoms with Gasteiger partial charge in [0, 0.05) is 11.9 Å². The van der Waals surface area contributed by atoms with Crippen LogP contribution in [0.3, 0.4) is 0 Å². The van der Waals surface area contributed by atoms with Crippen molar-refractivity contribution >= 4 is 58.2 Å². The summed E-state index contributed by atoms with van der Waals surface area (Å²) >= 11 is 13.7. The summed E-state index contributed by atoms with van der Waals surface area (Å²) in [5.41, 5.74) is 7.26. The van der Waals surface area contributed by atoms with Crippen LogP contribution in [0, 0.1) is 0 Å². The average molecular weight is 433 g/mol. The molecule has 3 aromatic heterocycles. The number of para-hydroxylation sites is 1. The molecule has 8 nitrogen and oxygen atoms in total. The highest BCUT2D eigenvalue weighted by Gasteiger charge is 2.18. The Balaban J connectivity index is 1.61. The number of nitrogens with one attached hydrogen (secondary N) is 1. The minimum atomic E-state index is -0.174. The summed E-state index contributed by atoms with van der Waals surface area (Å²) in [7, 11) is 0. The van der Waals surface area contributed by atoms with Gasteiger partial charge in [-0.3, -0.25) is 4.40 Å². The number of thioether (sulfide) groups is 1. The molecule has 11 heteroatoms. The van der Waals surface area contributed by atoms with Gasteiger partial charge in [0.05, 0.1) is 15.3 Å². The quantitative estimate of drug-likeness (QED) is 0.446. The molecule has 0 radical (unpaired) electrons. The Morgan fingerprint density at radius 3 is 2.68 bits per heavy atom. The average Bonchev–Trinajstić information content (AvgIpc) is 3.05. The lowest BCUT2D eigenvalue weighted by Gasteiger charge is -2.11. The maximum absolute atomic E-state index is 6.17. The molecular weight excluding hydrogens is 419 g/mol. The van der Waals surface area contributed by atoms with E-state index >= 15 is 0 Å². The Morgan fingerprint density at radius 1 is 1.11 bits per heavy atom. The highest BCUT2D eigenvalue weighted by molar-refractivity contribution is 7.99. The highest BCUT2D eigenvalue weighted by atomic mass is 35.5. The van der Waals surface area contributed by atoms with E-state index in [9.17, 15) is 0 Å². The summed E-state index contributed by atoms with van der Waals surface area (Å²) in [6.07, 6.45) is 1.71. The minimum Gasteiger partial charge on any atom is -0.368 e. The van der Waals surface area contributed by atoms with Crippen molar-refractivity contribution in [2.45, 2.75) is 17.3 Å². The number of nitrogen functional groups attached to an aromatic ring is 1. The summed E-state index contributed by atoms with van der Waals surface area (Å²) in [4.78, 5) is 12.9. The number of benzene rings is 1. The molecule has 4 rings (SSSR count). The van der Waals surface area contributed by atoms with Crippen molar-refractivity contribution in [3.05, 3.63) is 58.5 Å². The SMILES string of the molecule is CC(Sc1nnc2c(Cl)cc(Cl)cn12)c1nc(N)nc(Nc2ccccc2)n1. The van der Waals surface area contributed by atoms with Crippen LogP contribution in [-0.2, 0) is 0 Å². The molecule has 1 aromatic carbocycles. The number of rotatable bonds is 5. The van der Waals surface area contributed by atoms with Crippen molar-refractivity contribution in [3.8, 4) is 0 Å². The number of aromatic nitrogens is 6. The molecule has 0 saturated carbocycles. The Hall–Kier alpha value is -2.62. The Labute approximate surface area is 174 Å². The fourth-order valence-corrected chi connectivity index (χ4v) is 3.87. The number of halogens is 2. The maximum Gasteiger partial charge on any atom is 0.232 e. The molecule has 4 aromatic rings. The molecule has 3 heterocycles. The van der Waals surface area contributed by atoms with E-state index in [1.165, 1.54) is 11.8 Å². The van der Waals surface area contributed by atoms with Crippen molar-refractivity contribution in [1.29, 1.82) is 0 Å². The van der Waals surface area contributed by atoms with E-state index in [2.05, 4.69) is 30.5 Å². The van der Waals surface area contributed by atoms with Gasteiger partial charge in [0.15, 0.2) is 10.8 Å². The van der Waals surface area contributed by atoms with Crippen LogP contribution in [0.2, 0.25) is 10.0 Å². The van der Waals surface area contributed by atoms with E-state index in [0.29, 0.717) is 32.6 Å². The van der Waals surface area contributed by atoms with Crippen LogP contribution in [0.5, 0.6) is 0 Å². The van der Waals surface area contributed by atoms with Gasteiger partial charge in [-0.1, -0.05) is 53.2 Å². The molecular formula is C17H14Cl2N8S. The predicted octanol–water partition coefficient (Wildman–Crippen LogP) is 4.40. The number of nitrogens with two attached hydrogens (primary N) is 1. The minimum absolute atomic E-state index is 0.132. The third kappa shape index (κ3) is 3.96. The zero-order valence-electron chi connectivity index (χ0n) is 14.5. The molecule has 0 bridgehead atoms. The molecule has 0 aliphatic rings. The van der Waals surface area contributed by atoms with Crippen LogP contribution < -0.4 is 11.1 Å². The van der Waals surface area contributed by atoms with Gasteiger partial charge < -0.3 is 11.1 Å².